The van der Waals surface area contributed by atoms with Crippen LogP contribution in [0.15, 0.2) is 59.0 Å². The lowest BCUT2D eigenvalue weighted by atomic mass is 10.0. The van der Waals surface area contributed by atoms with Gasteiger partial charge in [-0.15, -0.1) is 0 Å². The second-order valence-electron chi connectivity index (χ2n) is 7.37. The quantitative estimate of drug-likeness (QED) is 0.635. The molecule has 4 heteroatoms. The summed E-state index contributed by atoms with van der Waals surface area (Å²) in [5.41, 5.74) is 3.34. The van der Waals surface area contributed by atoms with Gasteiger partial charge in [-0.2, -0.15) is 0 Å². The molecular formula is C23H26N2O2. The average Bonchev–Trinajstić information content (AvgIpc) is 3.35. The summed E-state index contributed by atoms with van der Waals surface area (Å²) < 4.78 is 5.69. The van der Waals surface area contributed by atoms with E-state index in [0.29, 0.717) is 11.8 Å². The average molecular weight is 362 g/mol. The molecule has 4 nitrogen and oxygen atoms in total. The minimum Gasteiger partial charge on any atom is -0.453 e. The van der Waals surface area contributed by atoms with Gasteiger partial charge >= 0.3 is 0 Å². The molecule has 0 saturated carbocycles. The van der Waals surface area contributed by atoms with E-state index in [1.54, 1.807) is 0 Å². The van der Waals surface area contributed by atoms with E-state index in [0.717, 1.165) is 30.6 Å². The highest BCUT2D eigenvalue weighted by molar-refractivity contribution is 5.98. The third-order valence-corrected chi connectivity index (χ3v) is 5.37. The van der Waals surface area contributed by atoms with Crippen molar-refractivity contribution in [2.24, 2.45) is 0 Å². The van der Waals surface area contributed by atoms with E-state index in [-0.39, 0.29) is 12.3 Å². The number of benzene rings is 2. The van der Waals surface area contributed by atoms with Crippen LogP contribution in [0, 0.1) is 6.92 Å². The molecule has 0 spiro atoms. The molecule has 27 heavy (non-hydrogen) atoms. The number of carbonyl (C=O) groups excluding carboxylic acids is 1. The Morgan fingerprint density at radius 1 is 1.11 bits per heavy atom. The molecular weight excluding hydrogens is 336 g/mol. The second kappa shape index (κ2) is 8.07. The SMILES string of the molecule is Cc1ccc(C(CNCC(=O)c2cc3ccccc3o2)N2CCCC2)cc1. The van der Waals surface area contributed by atoms with Crippen LogP contribution in [0.1, 0.15) is 40.6 Å². The number of ketones is 1. The van der Waals surface area contributed by atoms with Gasteiger partial charge in [-0.25, -0.2) is 0 Å². The number of furan rings is 1. The molecule has 1 atom stereocenters. The Labute approximate surface area is 160 Å². The van der Waals surface area contributed by atoms with E-state index in [2.05, 4.69) is 41.4 Å². The van der Waals surface area contributed by atoms with Crippen molar-refractivity contribution >= 4 is 16.8 Å². The molecule has 0 amide bonds. The first-order valence-corrected chi connectivity index (χ1v) is 9.74. The zero-order chi connectivity index (χ0) is 18.6. The maximum Gasteiger partial charge on any atom is 0.211 e. The molecule has 140 valence electrons. The van der Waals surface area contributed by atoms with Crippen molar-refractivity contribution in [3.63, 3.8) is 0 Å². The number of fused-ring (bicyclic) bond motifs is 1. The van der Waals surface area contributed by atoms with Crippen LogP contribution >= 0.6 is 0 Å². The molecule has 1 aliphatic heterocycles. The standard InChI is InChI=1S/C23H26N2O2/c1-17-8-10-18(11-9-17)20(25-12-4-5-13-25)15-24-16-21(26)23-14-19-6-2-3-7-22(19)27-23/h2-3,6-11,14,20,24H,4-5,12-13,15-16H2,1H3. The Hall–Kier alpha value is -2.43. The van der Waals surface area contributed by atoms with Crippen LogP contribution in [0.2, 0.25) is 0 Å². The van der Waals surface area contributed by atoms with Crippen molar-refractivity contribution in [1.29, 1.82) is 0 Å². The van der Waals surface area contributed by atoms with E-state index in [9.17, 15) is 4.79 Å². The topological polar surface area (TPSA) is 45.5 Å². The summed E-state index contributed by atoms with van der Waals surface area (Å²) >= 11 is 0. The highest BCUT2D eigenvalue weighted by Crippen LogP contribution is 2.25. The predicted octanol–water partition coefficient (Wildman–Crippen LogP) is 4.35. The fourth-order valence-electron chi connectivity index (χ4n) is 3.83. The molecule has 1 fully saturated rings. The summed E-state index contributed by atoms with van der Waals surface area (Å²) in [6, 6.07) is 18.6. The summed E-state index contributed by atoms with van der Waals surface area (Å²) in [6.45, 7) is 5.40. The summed E-state index contributed by atoms with van der Waals surface area (Å²) in [6.07, 6.45) is 2.50. The maximum atomic E-state index is 12.5. The van der Waals surface area contributed by atoms with Crippen LogP contribution in [0.3, 0.4) is 0 Å². The van der Waals surface area contributed by atoms with E-state index >= 15 is 0 Å². The number of Topliss-reactive ketones (excluding diaryl/α,β-unsaturated/α-hetero) is 1. The fraction of sp³-hybridized carbons (Fsp3) is 0.348. The number of hydrogen-bond donors (Lipinski definition) is 1. The number of hydrogen-bond acceptors (Lipinski definition) is 4. The van der Waals surface area contributed by atoms with Gasteiger partial charge in [0.1, 0.15) is 5.58 Å². The van der Waals surface area contributed by atoms with E-state index < -0.39 is 0 Å². The molecule has 3 aromatic rings. The zero-order valence-electron chi connectivity index (χ0n) is 15.8. The molecule has 1 unspecified atom stereocenters. The van der Waals surface area contributed by atoms with Crippen molar-refractivity contribution in [1.82, 2.24) is 10.2 Å². The Kier molecular flexibility index (Phi) is 5.37. The molecule has 2 heterocycles. The number of para-hydroxylation sites is 1. The first kappa shape index (κ1) is 18.0. The molecule has 0 radical (unpaired) electrons. The molecule has 1 N–H and O–H groups in total. The monoisotopic (exact) mass is 362 g/mol. The summed E-state index contributed by atoms with van der Waals surface area (Å²) in [5.74, 6) is 0.423. The largest absolute Gasteiger partial charge is 0.453 e. The lowest BCUT2D eigenvalue weighted by Gasteiger charge is -2.28. The highest BCUT2D eigenvalue weighted by atomic mass is 16.3. The van der Waals surface area contributed by atoms with Crippen LogP contribution in [0.4, 0.5) is 0 Å². The zero-order valence-corrected chi connectivity index (χ0v) is 15.8. The van der Waals surface area contributed by atoms with Gasteiger partial charge < -0.3 is 9.73 Å². The third kappa shape index (κ3) is 4.12. The number of nitrogens with zero attached hydrogens (tertiary/aromatic N) is 1. The Morgan fingerprint density at radius 3 is 2.59 bits per heavy atom. The van der Waals surface area contributed by atoms with Crippen LogP contribution < -0.4 is 5.32 Å². The van der Waals surface area contributed by atoms with Crippen molar-refractivity contribution in [2.75, 3.05) is 26.2 Å². The van der Waals surface area contributed by atoms with Gasteiger partial charge in [0.05, 0.1) is 6.54 Å². The summed E-state index contributed by atoms with van der Waals surface area (Å²) in [5, 5.41) is 4.33. The lowest BCUT2D eigenvalue weighted by molar-refractivity contribution is 0.0963. The molecule has 1 aromatic heterocycles. The minimum atomic E-state index is -0.00437. The van der Waals surface area contributed by atoms with Crippen LogP contribution in [0.5, 0.6) is 0 Å². The van der Waals surface area contributed by atoms with Gasteiger partial charge in [0, 0.05) is 18.0 Å². The van der Waals surface area contributed by atoms with Gasteiger partial charge in [0.15, 0.2) is 5.76 Å². The van der Waals surface area contributed by atoms with Crippen LogP contribution in [-0.2, 0) is 0 Å². The number of nitrogens with one attached hydrogen (secondary N) is 1. The summed E-state index contributed by atoms with van der Waals surface area (Å²) in [4.78, 5) is 15.0. The van der Waals surface area contributed by atoms with Gasteiger partial charge in [0.25, 0.3) is 0 Å². The van der Waals surface area contributed by atoms with Gasteiger partial charge in [0.2, 0.25) is 5.78 Å². The first-order chi connectivity index (χ1) is 13.2. The molecule has 4 rings (SSSR count). The molecule has 1 saturated heterocycles. The van der Waals surface area contributed by atoms with Crippen LogP contribution in [-0.4, -0.2) is 36.9 Å². The smallest absolute Gasteiger partial charge is 0.211 e. The van der Waals surface area contributed by atoms with Crippen molar-refractivity contribution in [2.45, 2.75) is 25.8 Å². The van der Waals surface area contributed by atoms with E-state index in [4.69, 9.17) is 4.42 Å². The van der Waals surface area contributed by atoms with E-state index in [1.165, 1.54) is 24.0 Å². The predicted molar refractivity (Wildman–Crippen MR) is 108 cm³/mol. The van der Waals surface area contributed by atoms with Gasteiger partial charge in [-0.3, -0.25) is 9.69 Å². The molecule has 2 aromatic carbocycles. The number of aryl methyl sites for hydroxylation is 1. The Morgan fingerprint density at radius 2 is 1.85 bits per heavy atom. The van der Waals surface area contributed by atoms with Crippen molar-refractivity contribution < 1.29 is 9.21 Å². The number of likely N-dealkylation sites (tertiary alicyclic amines) is 1. The third-order valence-electron chi connectivity index (χ3n) is 5.37. The molecule has 1 aliphatic rings. The number of carbonyl (C=O) groups is 1. The second-order valence-corrected chi connectivity index (χ2v) is 7.37. The van der Waals surface area contributed by atoms with E-state index in [1.807, 2.05) is 30.3 Å². The Bertz CT molecular complexity index is 875. The van der Waals surface area contributed by atoms with Crippen molar-refractivity contribution in [3.8, 4) is 0 Å². The summed E-state index contributed by atoms with van der Waals surface area (Å²) in [7, 11) is 0. The van der Waals surface area contributed by atoms with Crippen molar-refractivity contribution in [3.05, 3.63) is 71.5 Å². The van der Waals surface area contributed by atoms with Crippen LogP contribution in [0.25, 0.3) is 11.0 Å². The highest BCUT2D eigenvalue weighted by Gasteiger charge is 2.23. The van der Waals surface area contributed by atoms with Gasteiger partial charge in [-0.05, 0) is 50.6 Å². The van der Waals surface area contributed by atoms with Gasteiger partial charge in [-0.1, -0.05) is 48.0 Å². The molecule has 0 bridgehead atoms. The molecule has 0 aliphatic carbocycles. The minimum absolute atomic E-state index is 0.00437. The lowest BCUT2D eigenvalue weighted by Crippen LogP contribution is -2.36. The fourth-order valence-corrected chi connectivity index (χ4v) is 3.83. The first-order valence-electron chi connectivity index (χ1n) is 9.74. The normalized spacial score (nSPS) is 16.0. The number of rotatable bonds is 7. The Balaban J connectivity index is 1.41. The maximum absolute atomic E-state index is 12.5.